The third-order valence-corrected chi connectivity index (χ3v) is 4.39. The summed E-state index contributed by atoms with van der Waals surface area (Å²) in [5.41, 5.74) is 0.632. The minimum atomic E-state index is 0.00840. The molecule has 0 fully saturated rings. The van der Waals surface area contributed by atoms with Crippen molar-refractivity contribution in [2.24, 2.45) is 0 Å². The Labute approximate surface area is 126 Å². The number of carbonyl (C=O) groups excluding carboxylic acids is 1. The van der Waals surface area contributed by atoms with Crippen molar-refractivity contribution < 1.29 is 14.3 Å². The van der Waals surface area contributed by atoms with Crippen LogP contribution >= 0.6 is 11.3 Å². The van der Waals surface area contributed by atoms with Gasteiger partial charge < -0.3 is 9.47 Å². The number of ketones is 1. The number of rotatable bonds is 4. The van der Waals surface area contributed by atoms with Crippen LogP contribution in [-0.4, -0.2) is 20.0 Å². The normalized spacial score (nSPS) is 10.6. The number of hydrogen-bond donors (Lipinski definition) is 0. The number of hydrogen-bond acceptors (Lipinski definition) is 4. The number of methoxy groups -OCH3 is 2. The summed E-state index contributed by atoms with van der Waals surface area (Å²) in [7, 11) is 3.23. The van der Waals surface area contributed by atoms with Gasteiger partial charge in [0.05, 0.1) is 19.1 Å². The molecular formula is C17H14O3S. The molecule has 0 aliphatic rings. The molecule has 106 valence electrons. The molecule has 0 radical (unpaired) electrons. The van der Waals surface area contributed by atoms with Gasteiger partial charge in [0.1, 0.15) is 11.5 Å². The van der Waals surface area contributed by atoms with Crippen molar-refractivity contribution in [1.82, 2.24) is 0 Å². The molecular weight excluding hydrogens is 284 g/mol. The maximum Gasteiger partial charge on any atom is 0.203 e. The van der Waals surface area contributed by atoms with Gasteiger partial charge in [-0.25, -0.2) is 0 Å². The van der Waals surface area contributed by atoms with Crippen LogP contribution in [0.3, 0.4) is 0 Å². The lowest BCUT2D eigenvalue weighted by Gasteiger charge is -2.02. The third-order valence-electron chi connectivity index (χ3n) is 3.28. The van der Waals surface area contributed by atoms with Gasteiger partial charge in [0.2, 0.25) is 5.78 Å². The van der Waals surface area contributed by atoms with E-state index in [0.717, 1.165) is 15.8 Å². The van der Waals surface area contributed by atoms with E-state index in [1.54, 1.807) is 26.4 Å². The number of benzene rings is 2. The highest BCUT2D eigenvalue weighted by Gasteiger charge is 2.13. The van der Waals surface area contributed by atoms with Gasteiger partial charge >= 0.3 is 0 Å². The van der Waals surface area contributed by atoms with E-state index in [1.165, 1.54) is 11.3 Å². The highest BCUT2D eigenvalue weighted by Crippen LogP contribution is 2.30. The second kappa shape index (κ2) is 5.58. The zero-order valence-corrected chi connectivity index (χ0v) is 12.6. The topological polar surface area (TPSA) is 35.5 Å². The molecule has 3 rings (SSSR count). The van der Waals surface area contributed by atoms with Crippen LogP contribution in [0.4, 0.5) is 0 Å². The molecule has 0 saturated carbocycles. The molecule has 0 amide bonds. The fourth-order valence-corrected chi connectivity index (χ4v) is 3.17. The SMILES string of the molecule is COc1cccc(C(=O)c2cc3cc(OC)ccc3s2)c1. The van der Waals surface area contributed by atoms with Gasteiger partial charge in [-0.05, 0) is 41.8 Å². The van der Waals surface area contributed by atoms with Crippen LogP contribution in [0.15, 0.2) is 48.5 Å². The molecule has 0 aliphatic carbocycles. The minimum Gasteiger partial charge on any atom is -0.497 e. The van der Waals surface area contributed by atoms with Gasteiger partial charge in [-0.3, -0.25) is 4.79 Å². The molecule has 3 nitrogen and oxygen atoms in total. The summed E-state index contributed by atoms with van der Waals surface area (Å²) in [5, 5.41) is 1.02. The van der Waals surface area contributed by atoms with E-state index in [4.69, 9.17) is 9.47 Å². The van der Waals surface area contributed by atoms with E-state index in [2.05, 4.69) is 0 Å². The minimum absolute atomic E-state index is 0.00840. The van der Waals surface area contributed by atoms with E-state index in [1.807, 2.05) is 36.4 Å². The molecule has 0 atom stereocenters. The lowest BCUT2D eigenvalue weighted by atomic mass is 10.1. The molecule has 4 heteroatoms. The fourth-order valence-electron chi connectivity index (χ4n) is 2.17. The smallest absolute Gasteiger partial charge is 0.203 e. The summed E-state index contributed by atoms with van der Waals surface area (Å²) in [4.78, 5) is 13.3. The predicted octanol–water partition coefficient (Wildman–Crippen LogP) is 4.15. The summed E-state index contributed by atoms with van der Waals surface area (Å²) in [6.07, 6.45) is 0. The van der Waals surface area contributed by atoms with Crippen molar-refractivity contribution in [2.75, 3.05) is 14.2 Å². The van der Waals surface area contributed by atoms with E-state index in [0.29, 0.717) is 16.2 Å². The molecule has 3 aromatic rings. The second-order valence-electron chi connectivity index (χ2n) is 4.58. The molecule has 0 spiro atoms. The molecule has 0 bridgehead atoms. The zero-order chi connectivity index (χ0) is 14.8. The molecule has 1 heterocycles. The average Bonchev–Trinajstić information content (AvgIpc) is 2.97. The molecule has 0 saturated heterocycles. The highest BCUT2D eigenvalue weighted by atomic mass is 32.1. The summed E-state index contributed by atoms with van der Waals surface area (Å²) in [6.45, 7) is 0. The largest absolute Gasteiger partial charge is 0.497 e. The van der Waals surface area contributed by atoms with Crippen LogP contribution in [-0.2, 0) is 0 Å². The first-order valence-electron chi connectivity index (χ1n) is 6.47. The van der Waals surface area contributed by atoms with Crippen molar-refractivity contribution in [3.05, 3.63) is 59.0 Å². The Morgan fingerprint density at radius 3 is 2.48 bits per heavy atom. The van der Waals surface area contributed by atoms with Crippen LogP contribution in [0, 0.1) is 0 Å². The maximum atomic E-state index is 12.6. The lowest BCUT2D eigenvalue weighted by molar-refractivity contribution is 0.104. The summed E-state index contributed by atoms with van der Waals surface area (Å²) in [6, 6.07) is 14.9. The Hall–Kier alpha value is -2.33. The zero-order valence-electron chi connectivity index (χ0n) is 11.8. The van der Waals surface area contributed by atoms with Crippen LogP contribution in [0.25, 0.3) is 10.1 Å². The molecule has 1 aromatic heterocycles. The number of fused-ring (bicyclic) bond motifs is 1. The first-order valence-corrected chi connectivity index (χ1v) is 7.29. The van der Waals surface area contributed by atoms with Crippen LogP contribution in [0.5, 0.6) is 11.5 Å². The summed E-state index contributed by atoms with van der Waals surface area (Å²) >= 11 is 1.49. The quantitative estimate of drug-likeness (QED) is 0.679. The van der Waals surface area contributed by atoms with Gasteiger partial charge in [-0.2, -0.15) is 0 Å². The van der Waals surface area contributed by atoms with Gasteiger partial charge in [0, 0.05) is 10.3 Å². The first-order chi connectivity index (χ1) is 10.2. The number of thiophene rings is 1. The van der Waals surface area contributed by atoms with Crippen molar-refractivity contribution >= 4 is 27.2 Å². The first kappa shape index (κ1) is 13.6. The molecule has 0 aliphatic heterocycles. The predicted molar refractivity (Wildman–Crippen MR) is 84.8 cm³/mol. The van der Waals surface area contributed by atoms with E-state index in [9.17, 15) is 4.79 Å². The summed E-state index contributed by atoms with van der Waals surface area (Å²) in [5.74, 6) is 1.48. The Kier molecular flexibility index (Phi) is 3.62. The van der Waals surface area contributed by atoms with Crippen molar-refractivity contribution in [3.8, 4) is 11.5 Å². The number of carbonyl (C=O) groups is 1. The average molecular weight is 298 g/mol. The molecule has 0 N–H and O–H groups in total. The van der Waals surface area contributed by atoms with E-state index < -0.39 is 0 Å². The van der Waals surface area contributed by atoms with E-state index in [-0.39, 0.29) is 5.78 Å². The maximum absolute atomic E-state index is 12.6. The second-order valence-corrected chi connectivity index (χ2v) is 5.66. The molecule has 21 heavy (non-hydrogen) atoms. The third kappa shape index (κ3) is 2.62. The Balaban J connectivity index is 2.00. The molecule has 0 unspecified atom stereocenters. The Morgan fingerprint density at radius 2 is 1.71 bits per heavy atom. The van der Waals surface area contributed by atoms with Gasteiger partial charge in [0.15, 0.2) is 0 Å². The van der Waals surface area contributed by atoms with Crippen LogP contribution < -0.4 is 9.47 Å². The highest BCUT2D eigenvalue weighted by molar-refractivity contribution is 7.21. The van der Waals surface area contributed by atoms with Gasteiger partial charge in [-0.1, -0.05) is 12.1 Å². The standard InChI is InChI=1S/C17H14O3S/c1-19-13-5-3-4-11(8-13)17(18)16-10-12-9-14(20-2)6-7-15(12)21-16/h3-10H,1-2H3. The van der Waals surface area contributed by atoms with E-state index >= 15 is 0 Å². The van der Waals surface area contributed by atoms with Crippen LogP contribution in [0.2, 0.25) is 0 Å². The number of ether oxygens (including phenoxy) is 2. The monoisotopic (exact) mass is 298 g/mol. The summed E-state index contributed by atoms with van der Waals surface area (Å²) < 4.78 is 11.4. The van der Waals surface area contributed by atoms with Gasteiger partial charge in [0.25, 0.3) is 0 Å². The van der Waals surface area contributed by atoms with Gasteiger partial charge in [-0.15, -0.1) is 11.3 Å². The lowest BCUT2D eigenvalue weighted by Crippen LogP contribution is -1.98. The Bertz CT molecular complexity index is 805. The van der Waals surface area contributed by atoms with Crippen molar-refractivity contribution in [2.45, 2.75) is 0 Å². The Morgan fingerprint density at radius 1 is 0.952 bits per heavy atom. The fraction of sp³-hybridized carbons (Fsp3) is 0.118. The molecule has 2 aromatic carbocycles. The van der Waals surface area contributed by atoms with Crippen molar-refractivity contribution in [3.63, 3.8) is 0 Å². The van der Waals surface area contributed by atoms with Crippen molar-refractivity contribution in [1.29, 1.82) is 0 Å². The van der Waals surface area contributed by atoms with Crippen LogP contribution in [0.1, 0.15) is 15.2 Å².